The second kappa shape index (κ2) is 6.28. The maximum absolute atomic E-state index is 11.1. The molecule has 0 amide bonds. The van der Waals surface area contributed by atoms with E-state index >= 15 is 0 Å². The van der Waals surface area contributed by atoms with E-state index in [2.05, 4.69) is 4.74 Å². The predicted octanol–water partition coefficient (Wildman–Crippen LogP) is 3.12. The van der Waals surface area contributed by atoms with E-state index in [4.69, 9.17) is 11.6 Å². The van der Waals surface area contributed by atoms with Crippen LogP contribution in [-0.2, 0) is 9.53 Å². The number of rotatable bonds is 4. The van der Waals surface area contributed by atoms with Crippen LogP contribution in [0.1, 0.15) is 0 Å². The lowest BCUT2D eigenvalue weighted by Gasteiger charge is -2.08. The van der Waals surface area contributed by atoms with E-state index in [9.17, 15) is 9.90 Å². The third-order valence-electron chi connectivity index (χ3n) is 2.65. The highest BCUT2D eigenvalue weighted by molar-refractivity contribution is 7.99. The number of fused-ring (bicyclic) bond motifs is 1. The normalized spacial score (nSPS) is 12.4. The summed E-state index contributed by atoms with van der Waals surface area (Å²) in [5.41, 5.74) is 0. The summed E-state index contributed by atoms with van der Waals surface area (Å²) in [6.07, 6.45) is -1.10. The summed E-state index contributed by atoms with van der Waals surface area (Å²) < 4.78 is 4.47. The summed E-state index contributed by atoms with van der Waals surface area (Å²) in [6.45, 7) is 0. The molecule has 0 unspecified atom stereocenters. The molecule has 2 aromatic rings. The third kappa shape index (κ3) is 3.62. The van der Waals surface area contributed by atoms with Crippen LogP contribution in [0.2, 0.25) is 5.02 Å². The molecule has 2 rings (SSSR count). The molecule has 2 aromatic carbocycles. The lowest BCUT2D eigenvalue weighted by Crippen LogP contribution is -2.23. The largest absolute Gasteiger partial charge is 0.467 e. The first-order valence-corrected chi connectivity index (χ1v) is 7.04. The Hall–Kier alpha value is -1.23. The zero-order valence-corrected chi connectivity index (χ0v) is 11.9. The van der Waals surface area contributed by atoms with Crippen LogP contribution in [-0.4, -0.2) is 30.0 Å². The topological polar surface area (TPSA) is 46.5 Å². The lowest BCUT2D eigenvalue weighted by molar-refractivity contribution is -0.149. The Morgan fingerprint density at radius 2 is 2.00 bits per heavy atom. The molecule has 0 aliphatic rings. The van der Waals surface area contributed by atoms with Gasteiger partial charge in [0.15, 0.2) is 6.10 Å². The minimum Gasteiger partial charge on any atom is -0.467 e. The second-order valence-corrected chi connectivity index (χ2v) is 5.53. The van der Waals surface area contributed by atoms with Crippen molar-refractivity contribution in [2.24, 2.45) is 0 Å². The highest BCUT2D eigenvalue weighted by Gasteiger charge is 2.15. The number of esters is 1. The molecular formula is C14H13ClO3S. The molecule has 0 radical (unpaired) electrons. The van der Waals surface area contributed by atoms with Crippen LogP contribution in [0.5, 0.6) is 0 Å². The van der Waals surface area contributed by atoms with Crippen molar-refractivity contribution in [1.82, 2.24) is 0 Å². The van der Waals surface area contributed by atoms with Crippen LogP contribution >= 0.6 is 23.4 Å². The second-order valence-electron chi connectivity index (χ2n) is 4.00. The number of thioether (sulfide) groups is 1. The van der Waals surface area contributed by atoms with Crippen molar-refractivity contribution in [3.63, 3.8) is 0 Å². The molecule has 0 aromatic heterocycles. The Morgan fingerprint density at radius 3 is 2.74 bits per heavy atom. The lowest BCUT2D eigenvalue weighted by atomic mass is 10.1. The summed E-state index contributed by atoms with van der Waals surface area (Å²) in [5.74, 6) is -0.341. The van der Waals surface area contributed by atoms with Crippen molar-refractivity contribution in [3.8, 4) is 0 Å². The van der Waals surface area contributed by atoms with Crippen molar-refractivity contribution in [2.45, 2.75) is 11.0 Å². The molecule has 0 saturated heterocycles. The van der Waals surface area contributed by atoms with Crippen LogP contribution < -0.4 is 0 Å². The summed E-state index contributed by atoms with van der Waals surface area (Å²) in [7, 11) is 1.26. The molecule has 0 heterocycles. The summed E-state index contributed by atoms with van der Waals surface area (Å²) in [4.78, 5) is 12.1. The van der Waals surface area contributed by atoms with Gasteiger partial charge in [0.1, 0.15) is 0 Å². The molecule has 3 nitrogen and oxygen atoms in total. The highest BCUT2D eigenvalue weighted by Crippen LogP contribution is 2.26. The Kier molecular flexibility index (Phi) is 4.69. The van der Waals surface area contributed by atoms with Crippen molar-refractivity contribution in [3.05, 3.63) is 41.4 Å². The van der Waals surface area contributed by atoms with Gasteiger partial charge in [-0.15, -0.1) is 11.8 Å². The Labute approximate surface area is 120 Å². The van der Waals surface area contributed by atoms with Gasteiger partial charge < -0.3 is 9.84 Å². The molecule has 0 saturated carbocycles. The van der Waals surface area contributed by atoms with Gasteiger partial charge in [0.25, 0.3) is 0 Å². The quantitative estimate of drug-likeness (QED) is 0.695. The molecule has 0 fully saturated rings. The number of halogens is 1. The number of methoxy groups -OCH3 is 1. The molecule has 0 aliphatic carbocycles. The van der Waals surface area contributed by atoms with E-state index in [1.54, 1.807) is 0 Å². The fraction of sp³-hybridized carbons (Fsp3) is 0.214. The molecular weight excluding hydrogens is 284 g/mol. The molecule has 19 heavy (non-hydrogen) atoms. The molecule has 0 spiro atoms. The fourth-order valence-electron chi connectivity index (χ4n) is 1.66. The zero-order chi connectivity index (χ0) is 13.8. The monoisotopic (exact) mass is 296 g/mol. The van der Waals surface area contributed by atoms with Crippen LogP contribution in [0, 0.1) is 0 Å². The van der Waals surface area contributed by atoms with Gasteiger partial charge in [0.2, 0.25) is 0 Å². The first kappa shape index (κ1) is 14.2. The van der Waals surface area contributed by atoms with Gasteiger partial charge in [-0.3, -0.25) is 0 Å². The fourth-order valence-corrected chi connectivity index (χ4v) is 2.71. The molecule has 1 N–H and O–H groups in total. The number of hydrogen-bond acceptors (Lipinski definition) is 4. The first-order chi connectivity index (χ1) is 9.10. The molecule has 0 aliphatic heterocycles. The Morgan fingerprint density at radius 1 is 1.32 bits per heavy atom. The van der Waals surface area contributed by atoms with Crippen LogP contribution in [0.4, 0.5) is 0 Å². The van der Waals surface area contributed by atoms with Crippen LogP contribution in [0.25, 0.3) is 10.8 Å². The number of aliphatic hydroxyl groups is 1. The van der Waals surface area contributed by atoms with Gasteiger partial charge in [-0.05, 0) is 35.0 Å². The van der Waals surface area contributed by atoms with Crippen molar-refractivity contribution in [1.29, 1.82) is 0 Å². The number of carbonyl (C=O) groups excluding carboxylic acids is 1. The van der Waals surface area contributed by atoms with Crippen LogP contribution in [0.15, 0.2) is 41.3 Å². The average molecular weight is 297 g/mol. The standard InChI is InChI=1S/C14H13ClO3S/c1-18-14(17)13(16)8-19-12-5-3-9-6-11(15)4-2-10(9)7-12/h2-7,13,16H,8H2,1H3/t13-/m1/s1. The number of benzene rings is 2. The minimum atomic E-state index is -1.10. The zero-order valence-electron chi connectivity index (χ0n) is 10.3. The molecule has 1 atom stereocenters. The number of carbonyl (C=O) groups is 1. The molecule has 100 valence electrons. The Bertz CT molecular complexity index is 600. The SMILES string of the molecule is COC(=O)[C@H](O)CSc1ccc2cc(Cl)ccc2c1. The maximum Gasteiger partial charge on any atom is 0.335 e. The average Bonchev–Trinajstić information content (AvgIpc) is 2.43. The summed E-state index contributed by atoms with van der Waals surface area (Å²) >= 11 is 7.33. The van der Waals surface area contributed by atoms with Gasteiger partial charge in [-0.2, -0.15) is 0 Å². The molecule has 0 bridgehead atoms. The van der Waals surface area contributed by atoms with E-state index in [-0.39, 0.29) is 5.75 Å². The smallest absolute Gasteiger partial charge is 0.335 e. The van der Waals surface area contributed by atoms with Crippen molar-refractivity contribution in [2.75, 3.05) is 12.9 Å². The van der Waals surface area contributed by atoms with E-state index in [0.29, 0.717) is 5.02 Å². The van der Waals surface area contributed by atoms with Gasteiger partial charge in [0, 0.05) is 15.7 Å². The summed E-state index contributed by atoms with van der Waals surface area (Å²) in [6, 6.07) is 11.6. The van der Waals surface area contributed by atoms with Gasteiger partial charge in [0.05, 0.1) is 7.11 Å². The number of ether oxygens (including phenoxy) is 1. The van der Waals surface area contributed by atoms with E-state index < -0.39 is 12.1 Å². The maximum atomic E-state index is 11.1. The van der Waals surface area contributed by atoms with E-state index in [1.165, 1.54) is 18.9 Å². The number of aliphatic hydroxyl groups excluding tert-OH is 1. The molecule has 5 heteroatoms. The minimum absolute atomic E-state index is 0.270. The van der Waals surface area contributed by atoms with Crippen molar-refractivity contribution < 1.29 is 14.6 Å². The summed E-state index contributed by atoms with van der Waals surface area (Å²) in [5, 5.41) is 12.4. The highest BCUT2D eigenvalue weighted by atomic mass is 35.5. The third-order valence-corrected chi connectivity index (χ3v) is 3.96. The van der Waals surface area contributed by atoms with Crippen molar-refractivity contribution >= 4 is 40.1 Å². The van der Waals surface area contributed by atoms with E-state index in [1.807, 2.05) is 36.4 Å². The van der Waals surface area contributed by atoms with E-state index in [0.717, 1.165) is 15.7 Å². The van der Waals surface area contributed by atoms with Gasteiger partial charge >= 0.3 is 5.97 Å². The van der Waals surface area contributed by atoms with Gasteiger partial charge in [-0.25, -0.2) is 4.79 Å². The van der Waals surface area contributed by atoms with Gasteiger partial charge in [-0.1, -0.05) is 23.7 Å². The first-order valence-electron chi connectivity index (χ1n) is 5.68. The van der Waals surface area contributed by atoms with Crippen LogP contribution in [0.3, 0.4) is 0 Å². The Balaban J connectivity index is 2.09. The predicted molar refractivity (Wildman–Crippen MR) is 77.7 cm³/mol. The number of hydrogen-bond donors (Lipinski definition) is 1.